The Bertz CT molecular complexity index is 308. The molecular formula is C17H30O2. The SMILES string of the molecule is CCCCC1(C2CC=C(C)CC2C)OCC(C)CO1. The lowest BCUT2D eigenvalue weighted by Gasteiger charge is -2.48. The summed E-state index contributed by atoms with van der Waals surface area (Å²) in [4.78, 5) is 0. The molecule has 0 saturated carbocycles. The van der Waals surface area contributed by atoms with Crippen LogP contribution in [0.25, 0.3) is 0 Å². The zero-order valence-corrected chi connectivity index (χ0v) is 13.1. The third-order valence-corrected chi connectivity index (χ3v) is 4.72. The van der Waals surface area contributed by atoms with Crippen LogP contribution in [-0.4, -0.2) is 19.0 Å². The molecule has 110 valence electrons. The molecule has 0 aromatic heterocycles. The lowest BCUT2D eigenvalue weighted by atomic mass is 9.74. The Morgan fingerprint density at radius 1 is 1.26 bits per heavy atom. The lowest BCUT2D eigenvalue weighted by molar-refractivity contribution is -0.316. The molecule has 1 heterocycles. The second-order valence-corrected chi connectivity index (χ2v) is 6.72. The quantitative estimate of drug-likeness (QED) is 0.695. The van der Waals surface area contributed by atoms with E-state index in [0.29, 0.717) is 17.8 Å². The Balaban J connectivity index is 2.13. The smallest absolute Gasteiger partial charge is 0.171 e. The topological polar surface area (TPSA) is 18.5 Å². The minimum absolute atomic E-state index is 0.306. The van der Waals surface area contributed by atoms with Gasteiger partial charge in [0.25, 0.3) is 0 Å². The number of unbranched alkanes of at least 4 members (excludes halogenated alkanes) is 1. The van der Waals surface area contributed by atoms with Gasteiger partial charge in [0.1, 0.15) is 0 Å². The maximum Gasteiger partial charge on any atom is 0.171 e. The second-order valence-electron chi connectivity index (χ2n) is 6.72. The van der Waals surface area contributed by atoms with Crippen molar-refractivity contribution >= 4 is 0 Å². The molecule has 0 aromatic rings. The van der Waals surface area contributed by atoms with Gasteiger partial charge in [-0.3, -0.25) is 0 Å². The summed E-state index contributed by atoms with van der Waals surface area (Å²) in [6.45, 7) is 10.8. The van der Waals surface area contributed by atoms with Crippen LogP contribution in [0.15, 0.2) is 11.6 Å². The highest BCUT2D eigenvalue weighted by molar-refractivity contribution is 5.07. The summed E-state index contributed by atoms with van der Waals surface area (Å²) in [5.74, 6) is 1.41. The van der Waals surface area contributed by atoms with E-state index in [0.717, 1.165) is 26.1 Å². The van der Waals surface area contributed by atoms with E-state index in [-0.39, 0.29) is 5.79 Å². The van der Waals surface area contributed by atoms with Crippen molar-refractivity contribution in [2.24, 2.45) is 17.8 Å². The van der Waals surface area contributed by atoms with Gasteiger partial charge >= 0.3 is 0 Å². The molecule has 2 rings (SSSR count). The van der Waals surface area contributed by atoms with Crippen LogP contribution in [0.3, 0.4) is 0 Å². The Morgan fingerprint density at radius 3 is 2.53 bits per heavy atom. The van der Waals surface area contributed by atoms with Crippen molar-refractivity contribution in [2.45, 2.75) is 65.6 Å². The summed E-state index contributed by atoms with van der Waals surface area (Å²) >= 11 is 0. The fourth-order valence-corrected chi connectivity index (χ4v) is 3.53. The predicted molar refractivity (Wildman–Crippen MR) is 79.0 cm³/mol. The van der Waals surface area contributed by atoms with E-state index in [4.69, 9.17) is 9.47 Å². The maximum atomic E-state index is 6.27. The molecule has 1 aliphatic heterocycles. The Hall–Kier alpha value is -0.340. The molecule has 2 aliphatic rings. The summed E-state index contributed by atoms with van der Waals surface area (Å²) in [6.07, 6.45) is 8.16. The molecule has 1 aliphatic carbocycles. The second kappa shape index (κ2) is 6.41. The predicted octanol–water partition coefficient (Wildman–Crippen LogP) is 4.55. The minimum Gasteiger partial charge on any atom is -0.349 e. The number of rotatable bonds is 4. The van der Waals surface area contributed by atoms with Crippen LogP contribution < -0.4 is 0 Å². The molecule has 19 heavy (non-hydrogen) atoms. The summed E-state index contributed by atoms with van der Waals surface area (Å²) in [5.41, 5.74) is 1.53. The van der Waals surface area contributed by atoms with E-state index < -0.39 is 0 Å². The maximum absolute atomic E-state index is 6.27. The highest BCUT2D eigenvalue weighted by Gasteiger charge is 2.46. The standard InChI is InChI=1S/C17H30O2/c1-5-6-9-17(18-11-14(3)12-19-17)16-8-7-13(2)10-15(16)4/h7,14-16H,5-6,8-12H2,1-4H3. The van der Waals surface area contributed by atoms with Crippen LogP contribution in [0, 0.1) is 17.8 Å². The van der Waals surface area contributed by atoms with Crippen molar-refractivity contribution in [3.05, 3.63) is 11.6 Å². The van der Waals surface area contributed by atoms with E-state index in [1.165, 1.54) is 24.8 Å². The van der Waals surface area contributed by atoms with Crippen LogP contribution >= 0.6 is 0 Å². The Morgan fingerprint density at radius 2 is 1.95 bits per heavy atom. The van der Waals surface area contributed by atoms with Gasteiger partial charge in [0, 0.05) is 18.3 Å². The van der Waals surface area contributed by atoms with E-state index in [1.807, 2.05) is 0 Å². The highest BCUT2D eigenvalue weighted by atomic mass is 16.7. The van der Waals surface area contributed by atoms with E-state index in [1.54, 1.807) is 0 Å². The summed E-state index contributed by atoms with van der Waals surface area (Å²) < 4.78 is 12.5. The molecule has 0 aromatic carbocycles. The van der Waals surface area contributed by atoms with Crippen molar-refractivity contribution in [2.75, 3.05) is 13.2 Å². The van der Waals surface area contributed by atoms with Crippen LogP contribution in [0.5, 0.6) is 0 Å². The van der Waals surface area contributed by atoms with E-state index in [2.05, 4.69) is 33.8 Å². The van der Waals surface area contributed by atoms with Gasteiger partial charge in [-0.2, -0.15) is 0 Å². The molecule has 0 N–H and O–H groups in total. The van der Waals surface area contributed by atoms with Crippen LogP contribution in [0.2, 0.25) is 0 Å². The number of hydrogen-bond donors (Lipinski definition) is 0. The molecule has 1 fully saturated rings. The van der Waals surface area contributed by atoms with Gasteiger partial charge in [0.2, 0.25) is 0 Å². The summed E-state index contributed by atoms with van der Waals surface area (Å²) in [6, 6.07) is 0. The monoisotopic (exact) mass is 266 g/mol. The average molecular weight is 266 g/mol. The molecule has 0 radical (unpaired) electrons. The van der Waals surface area contributed by atoms with Gasteiger partial charge in [-0.15, -0.1) is 0 Å². The lowest BCUT2D eigenvalue weighted by Crippen LogP contribution is -2.51. The van der Waals surface area contributed by atoms with E-state index in [9.17, 15) is 0 Å². The molecule has 2 atom stereocenters. The van der Waals surface area contributed by atoms with Crippen molar-refractivity contribution in [1.82, 2.24) is 0 Å². The largest absolute Gasteiger partial charge is 0.349 e. The fraction of sp³-hybridized carbons (Fsp3) is 0.882. The number of allylic oxidation sites excluding steroid dienone is 2. The van der Waals surface area contributed by atoms with Crippen LogP contribution in [-0.2, 0) is 9.47 Å². The Labute approximate surface area is 118 Å². The first-order valence-corrected chi connectivity index (χ1v) is 8.01. The highest BCUT2D eigenvalue weighted by Crippen LogP contribution is 2.43. The molecule has 0 bridgehead atoms. The molecule has 0 amide bonds. The summed E-state index contributed by atoms with van der Waals surface area (Å²) in [5, 5.41) is 0. The zero-order chi connectivity index (χ0) is 13.9. The van der Waals surface area contributed by atoms with Crippen molar-refractivity contribution in [1.29, 1.82) is 0 Å². The minimum atomic E-state index is -0.306. The molecule has 0 spiro atoms. The molecular weight excluding hydrogens is 236 g/mol. The third-order valence-electron chi connectivity index (χ3n) is 4.72. The first-order chi connectivity index (χ1) is 9.07. The van der Waals surface area contributed by atoms with Gasteiger partial charge < -0.3 is 9.47 Å². The van der Waals surface area contributed by atoms with Crippen molar-refractivity contribution in [3.63, 3.8) is 0 Å². The fourth-order valence-electron chi connectivity index (χ4n) is 3.53. The van der Waals surface area contributed by atoms with Gasteiger partial charge in [-0.25, -0.2) is 0 Å². The molecule has 2 unspecified atom stereocenters. The van der Waals surface area contributed by atoms with Crippen molar-refractivity contribution < 1.29 is 9.47 Å². The zero-order valence-electron chi connectivity index (χ0n) is 13.1. The number of ether oxygens (including phenoxy) is 2. The molecule has 1 saturated heterocycles. The first kappa shape index (κ1) is 15.1. The first-order valence-electron chi connectivity index (χ1n) is 8.01. The van der Waals surface area contributed by atoms with Gasteiger partial charge in [0.05, 0.1) is 13.2 Å². The van der Waals surface area contributed by atoms with Crippen LogP contribution in [0.4, 0.5) is 0 Å². The van der Waals surface area contributed by atoms with Crippen LogP contribution in [0.1, 0.15) is 59.8 Å². The van der Waals surface area contributed by atoms with E-state index >= 15 is 0 Å². The van der Waals surface area contributed by atoms with Gasteiger partial charge in [0.15, 0.2) is 5.79 Å². The normalized spacial score (nSPS) is 40.0. The number of hydrogen-bond acceptors (Lipinski definition) is 2. The Kier molecular flexibility index (Phi) is 5.08. The molecule has 2 heteroatoms. The van der Waals surface area contributed by atoms with Gasteiger partial charge in [-0.1, -0.05) is 38.8 Å². The van der Waals surface area contributed by atoms with Crippen molar-refractivity contribution in [3.8, 4) is 0 Å². The molecule has 2 nitrogen and oxygen atoms in total. The van der Waals surface area contributed by atoms with Gasteiger partial charge in [-0.05, 0) is 32.1 Å². The third kappa shape index (κ3) is 3.41. The summed E-state index contributed by atoms with van der Waals surface area (Å²) in [7, 11) is 0. The average Bonchev–Trinajstić information content (AvgIpc) is 2.39.